The molecule has 0 aliphatic carbocycles. The van der Waals surface area contributed by atoms with Crippen molar-refractivity contribution >= 4 is 16.7 Å². The van der Waals surface area contributed by atoms with Crippen LogP contribution in [0, 0.1) is 0 Å². The van der Waals surface area contributed by atoms with Gasteiger partial charge >= 0.3 is 0 Å². The Kier molecular flexibility index (Phi) is 4.22. The number of aromatic nitrogens is 2. The second kappa shape index (κ2) is 5.53. The molecule has 0 radical (unpaired) electrons. The lowest BCUT2D eigenvalue weighted by Gasteiger charge is -2.23. The Morgan fingerprint density at radius 3 is 2.56 bits per heavy atom. The molecular weight excluding hydrogens is 244 g/mol. The first-order chi connectivity index (χ1) is 8.47. The lowest BCUT2D eigenvalue weighted by molar-refractivity contribution is 0.269. The van der Waals surface area contributed by atoms with Crippen LogP contribution in [-0.4, -0.2) is 39.9 Å². The van der Waals surface area contributed by atoms with Crippen molar-refractivity contribution in [1.82, 2.24) is 14.3 Å². The van der Waals surface area contributed by atoms with E-state index in [0.29, 0.717) is 6.04 Å². The van der Waals surface area contributed by atoms with Crippen LogP contribution in [0.4, 0.5) is 5.13 Å². The Bertz CT molecular complexity index is 377. The molecule has 2 rings (SSSR count). The first-order valence-corrected chi connectivity index (χ1v) is 7.56. The van der Waals surface area contributed by atoms with Crippen LogP contribution >= 0.6 is 11.5 Å². The van der Waals surface area contributed by atoms with E-state index in [1.165, 1.54) is 37.5 Å². The predicted molar refractivity (Wildman–Crippen MR) is 77.4 cm³/mol. The van der Waals surface area contributed by atoms with Crippen molar-refractivity contribution in [2.45, 2.75) is 52.0 Å². The molecule has 1 aromatic rings. The minimum atomic E-state index is 0.0387. The monoisotopic (exact) mass is 268 g/mol. The fourth-order valence-electron chi connectivity index (χ4n) is 2.15. The highest BCUT2D eigenvalue weighted by Gasteiger charge is 2.21. The third kappa shape index (κ3) is 3.42. The van der Waals surface area contributed by atoms with Crippen LogP contribution in [0.15, 0.2) is 0 Å². The van der Waals surface area contributed by atoms with Gasteiger partial charge in [-0.3, -0.25) is 4.90 Å². The summed E-state index contributed by atoms with van der Waals surface area (Å²) < 4.78 is 4.42. The van der Waals surface area contributed by atoms with Crippen molar-refractivity contribution in [2.24, 2.45) is 0 Å². The maximum atomic E-state index is 4.56. The molecule has 1 atom stereocenters. The molecule has 1 aliphatic rings. The van der Waals surface area contributed by atoms with Gasteiger partial charge in [-0.2, -0.15) is 4.37 Å². The quantitative estimate of drug-likeness (QED) is 0.911. The number of hydrogen-bond acceptors (Lipinski definition) is 5. The van der Waals surface area contributed by atoms with E-state index < -0.39 is 0 Å². The zero-order chi connectivity index (χ0) is 13.2. The molecular formula is C13H24N4S. The Morgan fingerprint density at radius 2 is 2.00 bits per heavy atom. The molecule has 1 aliphatic heterocycles. The Labute approximate surface area is 114 Å². The molecule has 18 heavy (non-hydrogen) atoms. The van der Waals surface area contributed by atoms with Crippen molar-refractivity contribution in [1.29, 1.82) is 0 Å². The molecule has 5 heteroatoms. The van der Waals surface area contributed by atoms with Crippen molar-refractivity contribution in [2.75, 3.05) is 25.0 Å². The third-order valence-electron chi connectivity index (χ3n) is 3.41. The minimum absolute atomic E-state index is 0.0387. The van der Waals surface area contributed by atoms with Crippen LogP contribution in [0.5, 0.6) is 0 Å². The normalized spacial score (nSPS) is 19.1. The summed E-state index contributed by atoms with van der Waals surface area (Å²) in [7, 11) is 0. The van der Waals surface area contributed by atoms with Crippen molar-refractivity contribution in [3.63, 3.8) is 0 Å². The summed E-state index contributed by atoms with van der Waals surface area (Å²) in [6, 6.07) is 0.578. The molecule has 0 bridgehead atoms. The lowest BCUT2D eigenvalue weighted by atomic mass is 9.96. The maximum absolute atomic E-state index is 4.56. The van der Waals surface area contributed by atoms with Gasteiger partial charge in [0, 0.05) is 29.5 Å². The van der Waals surface area contributed by atoms with E-state index >= 15 is 0 Å². The molecule has 0 saturated carbocycles. The van der Waals surface area contributed by atoms with Gasteiger partial charge in [0.05, 0.1) is 0 Å². The SMILES string of the molecule is CC(CNc1nc(C(C)(C)C)ns1)N1CCCC1. The van der Waals surface area contributed by atoms with E-state index in [2.05, 4.69) is 47.3 Å². The molecule has 0 amide bonds. The highest BCUT2D eigenvalue weighted by atomic mass is 32.1. The van der Waals surface area contributed by atoms with Gasteiger partial charge < -0.3 is 5.32 Å². The Hall–Kier alpha value is -0.680. The van der Waals surface area contributed by atoms with E-state index in [4.69, 9.17) is 0 Å². The number of anilines is 1. The van der Waals surface area contributed by atoms with Gasteiger partial charge in [0.1, 0.15) is 5.82 Å². The van der Waals surface area contributed by atoms with Crippen LogP contribution in [-0.2, 0) is 5.41 Å². The van der Waals surface area contributed by atoms with Gasteiger partial charge in [-0.1, -0.05) is 20.8 Å². The zero-order valence-electron chi connectivity index (χ0n) is 11.9. The van der Waals surface area contributed by atoms with E-state index in [-0.39, 0.29) is 5.41 Å². The summed E-state index contributed by atoms with van der Waals surface area (Å²) in [4.78, 5) is 7.10. The molecule has 1 N–H and O–H groups in total. The van der Waals surface area contributed by atoms with Crippen LogP contribution in [0.25, 0.3) is 0 Å². The molecule has 102 valence electrons. The minimum Gasteiger partial charge on any atom is -0.359 e. The van der Waals surface area contributed by atoms with E-state index in [1.54, 1.807) is 0 Å². The molecule has 0 spiro atoms. The van der Waals surface area contributed by atoms with Gasteiger partial charge in [-0.15, -0.1) is 0 Å². The summed E-state index contributed by atoms with van der Waals surface area (Å²) in [6.07, 6.45) is 2.69. The summed E-state index contributed by atoms with van der Waals surface area (Å²) >= 11 is 1.47. The fraction of sp³-hybridized carbons (Fsp3) is 0.846. The maximum Gasteiger partial charge on any atom is 0.202 e. The smallest absolute Gasteiger partial charge is 0.202 e. The van der Waals surface area contributed by atoms with Crippen molar-refractivity contribution < 1.29 is 0 Å². The number of hydrogen-bond donors (Lipinski definition) is 1. The standard InChI is InChI=1S/C13H24N4S/c1-10(17-7-5-6-8-17)9-14-12-15-11(16-18-12)13(2,3)4/h10H,5-9H2,1-4H3,(H,14,15,16). The fourth-order valence-corrected chi connectivity index (χ4v) is 2.91. The summed E-state index contributed by atoms with van der Waals surface area (Å²) in [5.41, 5.74) is 0.0387. The molecule has 1 fully saturated rings. The highest BCUT2D eigenvalue weighted by Crippen LogP contribution is 2.23. The first kappa shape index (κ1) is 13.7. The second-order valence-electron chi connectivity index (χ2n) is 6.15. The van der Waals surface area contributed by atoms with Crippen molar-refractivity contribution in [3.05, 3.63) is 5.82 Å². The largest absolute Gasteiger partial charge is 0.359 e. The number of rotatable bonds is 4. The predicted octanol–water partition coefficient (Wildman–Crippen LogP) is 2.73. The van der Waals surface area contributed by atoms with Gasteiger partial charge in [0.2, 0.25) is 5.13 Å². The molecule has 2 heterocycles. The molecule has 1 unspecified atom stereocenters. The number of likely N-dealkylation sites (tertiary alicyclic amines) is 1. The summed E-state index contributed by atoms with van der Waals surface area (Å²) in [6.45, 7) is 12.2. The van der Waals surface area contributed by atoms with Crippen LogP contribution in [0.3, 0.4) is 0 Å². The van der Waals surface area contributed by atoms with E-state index in [1.807, 2.05) is 0 Å². The lowest BCUT2D eigenvalue weighted by Crippen LogP contribution is -2.35. The van der Waals surface area contributed by atoms with Gasteiger partial charge in [0.25, 0.3) is 0 Å². The average Bonchev–Trinajstić information content (AvgIpc) is 2.96. The molecule has 1 saturated heterocycles. The molecule has 0 aromatic carbocycles. The van der Waals surface area contributed by atoms with Crippen LogP contribution in [0.2, 0.25) is 0 Å². The Balaban J connectivity index is 1.84. The zero-order valence-corrected chi connectivity index (χ0v) is 12.7. The van der Waals surface area contributed by atoms with Gasteiger partial charge in [-0.25, -0.2) is 4.98 Å². The molecule has 4 nitrogen and oxygen atoms in total. The van der Waals surface area contributed by atoms with Crippen LogP contribution in [0.1, 0.15) is 46.4 Å². The topological polar surface area (TPSA) is 41.1 Å². The second-order valence-corrected chi connectivity index (χ2v) is 6.90. The Morgan fingerprint density at radius 1 is 1.33 bits per heavy atom. The van der Waals surface area contributed by atoms with Crippen molar-refractivity contribution in [3.8, 4) is 0 Å². The van der Waals surface area contributed by atoms with E-state index in [0.717, 1.165) is 17.5 Å². The average molecular weight is 268 g/mol. The van der Waals surface area contributed by atoms with Crippen LogP contribution < -0.4 is 5.32 Å². The highest BCUT2D eigenvalue weighted by molar-refractivity contribution is 7.09. The number of nitrogens with one attached hydrogen (secondary N) is 1. The van der Waals surface area contributed by atoms with E-state index in [9.17, 15) is 0 Å². The third-order valence-corrected chi connectivity index (χ3v) is 4.08. The summed E-state index contributed by atoms with van der Waals surface area (Å²) in [5.74, 6) is 0.934. The number of nitrogens with zero attached hydrogens (tertiary/aromatic N) is 3. The van der Waals surface area contributed by atoms with Gasteiger partial charge in [-0.05, 0) is 32.9 Å². The molecule has 1 aromatic heterocycles. The summed E-state index contributed by atoms with van der Waals surface area (Å²) in [5, 5.41) is 4.37. The first-order valence-electron chi connectivity index (χ1n) is 6.79. The van der Waals surface area contributed by atoms with Gasteiger partial charge in [0.15, 0.2) is 0 Å².